The number of nitrogen functional groups attached to an aromatic ring is 1. The first-order valence-corrected chi connectivity index (χ1v) is 7.21. The van der Waals surface area contributed by atoms with E-state index in [1.807, 2.05) is 36.4 Å². The van der Waals surface area contributed by atoms with Crippen LogP contribution in [0.15, 0.2) is 46.9 Å². The molecule has 0 saturated heterocycles. The molecule has 0 amide bonds. The Kier molecular flexibility index (Phi) is 3.70. The van der Waals surface area contributed by atoms with E-state index in [2.05, 4.69) is 15.5 Å². The highest BCUT2D eigenvalue weighted by molar-refractivity contribution is 7.14. The lowest BCUT2D eigenvalue weighted by atomic mass is 10.0. The highest BCUT2D eigenvalue weighted by Crippen LogP contribution is 2.27. The molecule has 21 heavy (non-hydrogen) atoms. The molecule has 3 N–H and O–H groups in total. The van der Waals surface area contributed by atoms with Gasteiger partial charge < -0.3 is 10.5 Å². The van der Waals surface area contributed by atoms with Crippen LogP contribution in [-0.4, -0.2) is 18.3 Å². The smallest absolute Gasteiger partial charge is 0.205 e. The SMILES string of the molecule is COc1ccc(C=NNc2nc(N)cs2)c2ccccc12. The molecule has 2 aromatic carbocycles. The van der Waals surface area contributed by atoms with Gasteiger partial charge in [0.05, 0.1) is 13.3 Å². The van der Waals surface area contributed by atoms with E-state index in [1.54, 1.807) is 18.7 Å². The fraction of sp³-hybridized carbons (Fsp3) is 0.0667. The number of hydrogen-bond acceptors (Lipinski definition) is 6. The number of thiazole rings is 1. The molecule has 6 heteroatoms. The van der Waals surface area contributed by atoms with Crippen molar-refractivity contribution in [2.45, 2.75) is 0 Å². The molecule has 5 nitrogen and oxygen atoms in total. The maximum absolute atomic E-state index is 5.56. The Morgan fingerprint density at radius 3 is 2.76 bits per heavy atom. The average Bonchev–Trinajstić information content (AvgIpc) is 2.93. The van der Waals surface area contributed by atoms with Crippen LogP contribution in [0, 0.1) is 0 Å². The van der Waals surface area contributed by atoms with Crippen LogP contribution in [0.25, 0.3) is 10.8 Å². The maximum Gasteiger partial charge on any atom is 0.205 e. The Hall–Kier alpha value is -2.60. The van der Waals surface area contributed by atoms with E-state index in [0.717, 1.165) is 22.1 Å². The number of anilines is 2. The standard InChI is InChI=1S/C15H14N4OS/c1-20-13-7-6-10(11-4-2-3-5-12(11)13)8-17-19-15-18-14(16)9-21-15/h2-9H,16H2,1H3,(H,18,19). The van der Waals surface area contributed by atoms with Crippen molar-refractivity contribution in [2.24, 2.45) is 5.10 Å². The third kappa shape index (κ3) is 2.80. The number of nitrogens with two attached hydrogens (primary N) is 1. The van der Waals surface area contributed by atoms with Gasteiger partial charge in [0.2, 0.25) is 5.13 Å². The fourth-order valence-electron chi connectivity index (χ4n) is 2.08. The van der Waals surface area contributed by atoms with Gasteiger partial charge in [-0.3, -0.25) is 5.43 Å². The number of methoxy groups -OCH3 is 1. The van der Waals surface area contributed by atoms with E-state index in [0.29, 0.717) is 10.9 Å². The van der Waals surface area contributed by atoms with Crippen molar-refractivity contribution in [3.05, 3.63) is 47.3 Å². The van der Waals surface area contributed by atoms with E-state index in [1.165, 1.54) is 11.3 Å². The van der Waals surface area contributed by atoms with Gasteiger partial charge in [-0.15, -0.1) is 11.3 Å². The van der Waals surface area contributed by atoms with Gasteiger partial charge in [0.15, 0.2) is 0 Å². The van der Waals surface area contributed by atoms with Crippen molar-refractivity contribution < 1.29 is 4.74 Å². The van der Waals surface area contributed by atoms with Gasteiger partial charge in [-0.05, 0) is 17.5 Å². The van der Waals surface area contributed by atoms with Crippen LogP contribution < -0.4 is 15.9 Å². The second-order valence-electron chi connectivity index (χ2n) is 4.35. The molecule has 1 aromatic heterocycles. The third-order valence-electron chi connectivity index (χ3n) is 3.02. The Bertz CT molecular complexity index is 797. The summed E-state index contributed by atoms with van der Waals surface area (Å²) in [5.41, 5.74) is 9.44. The highest BCUT2D eigenvalue weighted by atomic mass is 32.1. The molecule has 0 aliphatic rings. The summed E-state index contributed by atoms with van der Waals surface area (Å²) in [6.07, 6.45) is 1.76. The predicted octanol–water partition coefficient (Wildman–Crippen LogP) is 3.33. The number of hydrazone groups is 1. The molecule has 0 aliphatic heterocycles. The Labute approximate surface area is 126 Å². The van der Waals surface area contributed by atoms with Crippen molar-refractivity contribution >= 4 is 39.3 Å². The van der Waals surface area contributed by atoms with E-state index >= 15 is 0 Å². The van der Waals surface area contributed by atoms with Gasteiger partial charge in [0.1, 0.15) is 11.6 Å². The first-order chi connectivity index (χ1) is 10.3. The van der Waals surface area contributed by atoms with E-state index in [4.69, 9.17) is 10.5 Å². The molecule has 106 valence electrons. The lowest BCUT2D eigenvalue weighted by molar-refractivity contribution is 0.420. The minimum absolute atomic E-state index is 0.493. The second-order valence-corrected chi connectivity index (χ2v) is 5.21. The topological polar surface area (TPSA) is 72.5 Å². The van der Waals surface area contributed by atoms with Crippen LogP contribution in [0.1, 0.15) is 5.56 Å². The lowest BCUT2D eigenvalue weighted by Crippen LogP contribution is -1.93. The molecule has 0 saturated carbocycles. The molecule has 0 bridgehead atoms. The number of benzene rings is 2. The van der Waals surface area contributed by atoms with E-state index < -0.39 is 0 Å². The summed E-state index contributed by atoms with van der Waals surface area (Å²) in [4.78, 5) is 4.08. The molecule has 1 heterocycles. The molecule has 0 atom stereocenters. The van der Waals surface area contributed by atoms with Crippen LogP contribution in [0.2, 0.25) is 0 Å². The molecule has 0 spiro atoms. The van der Waals surface area contributed by atoms with Crippen molar-refractivity contribution in [3.63, 3.8) is 0 Å². The number of aromatic nitrogens is 1. The van der Waals surface area contributed by atoms with Gasteiger partial charge in [-0.1, -0.05) is 24.3 Å². The minimum Gasteiger partial charge on any atom is -0.496 e. The number of rotatable bonds is 4. The first-order valence-electron chi connectivity index (χ1n) is 6.34. The van der Waals surface area contributed by atoms with Crippen LogP contribution in [0.4, 0.5) is 10.9 Å². The van der Waals surface area contributed by atoms with Crippen LogP contribution in [-0.2, 0) is 0 Å². The van der Waals surface area contributed by atoms with Crippen molar-refractivity contribution in [2.75, 3.05) is 18.3 Å². The summed E-state index contributed by atoms with van der Waals surface area (Å²) >= 11 is 1.41. The largest absolute Gasteiger partial charge is 0.496 e. The molecule has 0 unspecified atom stereocenters. The molecular weight excluding hydrogens is 284 g/mol. The monoisotopic (exact) mass is 298 g/mol. The Morgan fingerprint density at radius 2 is 2.05 bits per heavy atom. The van der Waals surface area contributed by atoms with Crippen molar-refractivity contribution in [1.29, 1.82) is 0 Å². The van der Waals surface area contributed by atoms with Gasteiger partial charge in [-0.25, -0.2) is 4.98 Å². The van der Waals surface area contributed by atoms with E-state index in [-0.39, 0.29) is 0 Å². The molecule has 0 aliphatic carbocycles. The average molecular weight is 298 g/mol. The minimum atomic E-state index is 0.493. The summed E-state index contributed by atoms with van der Waals surface area (Å²) < 4.78 is 5.38. The molecule has 3 aromatic rings. The Balaban J connectivity index is 1.90. The zero-order chi connectivity index (χ0) is 14.7. The van der Waals surface area contributed by atoms with Gasteiger partial charge >= 0.3 is 0 Å². The maximum atomic E-state index is 5.56. The van der Waals surface area contributed by atoms with Crippen molar-refractivity contribution in [3.8, 4) is 5.75 Å². The summed E-state index contributed by atoms with van der Waals surface area (Å²) in [5, 5.41) is 8.78. The first kappa shape index (κ1) is 13.4. The molecular formula is C15H14N4OS. The summed E-state index contributed by atoms with van der Waals surface area (Å²) in [6.45, 7) is 0. The quantitative estimate of drug-likeness (QED) is 0.572. The number of fused-ring (bicyclic) bond motifs is 1. The highest BCUT2D eigenvalue weighted by Gasteiger charge is 2.04. The number of nitrogens with one attached hydrogen (secondary N) is 1. The number of hydrogen-bond donors (Lipinski definition) is 2. The van der Waals surface area contributed by atoms with Gasteiger partial charge in [0.25, 0.3) is 0 Å². The molecule has 0 radical (unpaired) electrons. The molecule has 0 fully saturated rings. The van der Waals surface area contributed by atoms with Crippen LogP contribution in [0.5, 0.6) is 5.75 Å². The fourth-order valence-corrected chi connectivity index (χ4v) is 2.63. The summed E-state index contributed by atoms with van der Waals surface area (Å²) in [7, 11) is 1.67. The normalized spacial score (nSPS) is 11.1. The zero-order valence-corrected chi connectivity index (χ0v) is 12.2. The number of ether oxygens (including phenoxy) is 1. The van der Waals surface area contributed by atoms with Crippen molar-refractivity contribution in [1.82, 2.24) is 4.98 Å². The predicted molar refractivity (Wildman–Crippen MR) is 88.2 cm³/mol. The lowest BCUT2D eigenvalue weighted by Gasteiger charge is -2.07. The number of nitrogens with zero attached hydrogens (tertiary/aromatic N) is 2. The zero-order valence-electron chi connectivity index (χ0n) is 11.4. The molecule has 3 rings (SSSR count). The van der Waals surface area contributed by atoms with E-state index in [9.17, 15) is 0 Å². The van der Waals surface area contributed by atoms with Gasteiger partial charge in [0, 0.05) is 16.3 Å². The Morgan fingerprint density at radius 1 is 1.24 bits per heavy atom. The summed E-state index contributed by atoms with van der Waals surface area (Å²) in [6, 6.07) is 12.0. The second kappa shape index (κ2) is 5.80. The van der Waals surface area contributed by atoms with Crippen LogP contribution >= 0.6 is 11.3 Å². The third-order valence-corrected chi connectivity index (χ3v) is 3.79. The summed E-state index contributed by atoms with van der Waals surface area (Å²) in [5.74, 6) is 1.34. The van der Waals surface area contributed by atoms with Gasteiger partial charge in [-0.2, -0.15) is 5.10 Å². The van der Waals surface area contributed by atoms with Crippen LogP contribution in [0.3, 0.4) is 0 Å².